The summed E-state index contributed by atoms with van der Waals surface area (Å²) in [5.74, 6) is 0.707. The zero-order valence-corrected chi connectivity index (χ0v) is 10.2. The van der Waals surface area contributed by atoms with Crippen molar-refractivity contribution in [3.63, 3.8) is 0 Å². The molecule has 1 aliphatic carbocycles. The van der Waals surface area contributed by atoms with Crippen molar-refractivity contribution in [2.24, 2.45) is 5.92 Å². The predicted molar refractivity (Wildman–Crippen MR) is 65.1 cm³/mol. The number of carbonyl (C=O) groups excluding carboxylic acids is 1. The second-order valence-corrected chi connectivity index (χ2v) is 5.01. The summed E-state index contributed by atoms with van der Waals surface area (Å²) in [7, 11) is 0. The largest absolute Gasteiger partial charge is 0.325 e. The molecule has 2 amide bonds. The van der Waals surface area contributed by atoms with Crippen molar-refractivity contribution >= 4 is 6.03 Å². The molecule has 2 aliphatic rings. The Hall–Kier alpha value is -0.990. The first-order valence-corrected chi connectivity index (χ1v) is 6.49. The lowest BCUT2D eigenvalue weighted by Gasteiger charge is -2.16. The summed E-state index contributed by atoms with van der Waals surface area (Å²) in [5.41, 5.74) is 1.34. The monoisotopic (exact) mass is 222 g/mol. The molecule has 3 nitrogen and oxygen atoms in total. The molecule has 0 aromatic carbocycles. The van der Waals surface area contributed by atoms with Crippen LogP contribution in [0, 0.1) is 5.92 Å². The van der Waals surface area contributed by atoms with Gasteiger partial charge in [-0.3, -0.25) is 0 Å². The van der Waals surface area contributed by atoms with E-state index in [1.54, 1.807) is 0 Å². The van der Waals surface area contributed by atoms with Crippen molar-refractivity contribution in [2.45, 2.75) is 45.4 Å². The number of nitrogens with one attached hydrogen (secondary N) is 1. The van der Waals surface area contributed by atoms with Gasteiger partial charge in [-0.25, -0.2) is 4.79 Å². The van der Waals surface area contributed by atoms with Crippen molar-refractivity contribution < 1.29 is 4.79 Å². The van der Waals surface area contributed by atoms with Crippen LogP contribution in [-0.2, 0) is 0 Å². The maximum absolute atomic E-state index is 11.7. The lowest BCUT2D eigenvalue weighted by Crippen LogP contribution is -2.35. The van der Waals surface area contributed by atoms with Crippen molar-refractivity contribution in [3.8, 4) is 0 Å². The van der Waals surface area contributed by atoms with E-state index in [4.69, 9.17) is 0 Å². The fraction of sp³-hybridized carbons (Fsp3) is 0.769. The van der Waals surface area contributed by atoms with E-state index in [1.165, 1.54) is 31.3 Å². The van der Waals surface area contributed by atoms with Gasteiger partial charge in [0.25, 0.3) is 0 Å². The topological polar surface area (TPSA) is 32.3 Å². The zero-order chi connectivity index (χ0) is 11.4. The summed E-state index contributed by atoms with van der Waals surface area (Å²) in [4.78, 5) is 13.6. The van der Waals surface area contributed by atoms with Crippen LogP contribution in [0.3, 0.4) is 0 Å². The van der Waals surface area contributed by atoms with Crippen molar-refractivity contribution in [3.05, 3.63) is 11.8 Å². The van der Waals surface area contributed by atoms with Gasteiger partial charge in [0, 0.05) is 19.3 Å². The van der Waals surface area contributed by atoms with Crippen molar-refractivity contribution in [1.29, 1.82) is 0 Å². The van der Waals surface area contributed by atoms with Gasteiger partial charge in [0.15, 0.2) is 0 Å². The van der Waals surface area contributed by atoms with Crippen LogP contribution in [0.1, 0.15) is 45.4 Å². The van der Waals surface area contributed by atoms with Crippen LogP contribution in [0.4, 0.5) is 4.79 Å². The minimum absolute atomic E-state index is 0.0786. The van der Waals surface area contributed by atoms with E-state index < -0.39 is 0 Å². The van der Waals surface area contributed by atoms with Gasteiger partial charge in [0.05, 0.1) is 0 Å². The molecule has 2 rings (SSSR count). The van der Waals surface area contributed by atoms with E-state index in [0.29, 0.717) is 5.92 Å². The number of likely N-dealkylation sites (tertiary alicyclic amines) is 1. The molecule has 0 spiro atoms. The Bertz CT molecular complexity index is 274. The summed E-state index contributed by atoms with van der Waals surface area (Å²) in [6.07, 6.45) is 9.50. The van der Waals surface area contributed by atoms with Crippen molar-refractivity contribution in [2.75, 3.05) is 13.1 Å². The average Bonchev–Trinajstić information content (AvgIpc) is 2.95. The van der Waals surface area contributed by atoms with E-state index in [1.807, 2.05) is 11.1 Å². The fourth-order valence-corrected chi connectivity index (χ4v) is 2.69. The van der Waals surface area contributed by atoms with Crippen LogP contribution in [0.5, 0.6) is 0 Å². The van der Waals surface area contributed by atoms with Gasteiger partial charge in [-0.15, -0.1) is 0 Å². The fourth-order valence-electron chi connectivity index (χ4n) is 2.69. The Morgan fingerprint density at radius 3 is 2.44 bits per heavy atom. The first-order chi connectivity index (χ1) is 7.77. The molecule has 1 N–H and O–H groups in total. The van der Waals surface area contributed by atoms with Crippen LogP contribution in [0.15, 0.2) is 11.8 Å². The number of urea groups is 1. The third kappa shape index (κ3) is 2.77. The molecule has 0 unspecified atom stereocenters. The van der Waals surface area contributed by atoms with E-state index in [0.717, 1.165) is 25.9 Å². The molecule has 0 bridgehead atoms. The number of hydrogen-bond donors (Lipinski definition) is 1. The number of rotatable bonds is 2. The summed E-state index contributed by atoms with van der Waals surface area (Å²) in [6.45, 7) is 3.98. The lowest BCUT2D eigenvalue weighted by molar-refractivity contribution is 0.212. The molecule has 0 aromatic rings. The molecule has 90 valence electrons. The summed E-state index contributed by atoms with van der Waals surface area (Å²) in [5, 5.41) is 2.93. The van der Waals surface area contributed by atoms with E-state index >= 15 is 0 Å². The van der Waals surface area contributed by atoms with Crippen LogP contribution >= 0.6 is 0 Å². The lowest BCUT2D eigenvalue weighted by atomic mass is 10.0. The number of allylic oxidation sites excluding steroid dienone is 1. The van der Waals surface area contributed by atoms with E-state index in [-0.39, 0.29) is 6.03 Å². The molecule has 1 saturated heterocycles. The number of nitrogens with zero attached hydrogens (tertiary/aromatic N) is 1. The SMILES string of the molecule is C/C(=C\NC(=O)N1CCCC1)C1CCCC1. The minimum atomic E-state index is 0.0786. The van der Waals surface area contributed by atoms with Crippen LogP contribution in [0.2, 0.25) is 0 Å². The van der Waals surface area contributed by atoms with Crippen molar-refractivity contribution in [1.82, 2.24) is 10.2 Å². The van der Waals surface area contributed by atoms with E-state index in [9.17, 15) is 4.79 Å². The summed E-state index contributed by atoms with van der Waals surface area (Å²) < 4.78 is 0. The minimum Gasteiger partial charge on any atom is -0.325 e. The molecule has 1 saturated carbocycles. The van der Waals surface area contributed by atoms with Gasteiger partial charge in [-0.05, 0) is 38.5 Å². The second-order valence-electron chi connectivity index (χ2n) is 5.01. The molecule has 1 heterocycles. The Morgan fingerprint density at radius 2 is 1.81 bits per heavy atom. The highest BCUT2D eigenvalue weighted by atomic mass is 16.2. The van der Waals surface area contributed by atoms with Gasteiger partial charge in [-0.1, -0.05) is 18.4 Å². The third-order valence-electron chi connectivity index (χ3n) is 3.82. The number of hydrogen-bond acceptors (Lipinski definition) is 1. The maximum atomic E-state index is 11.7. The van der Waals surface area contributed by atoms with Gasteiger partial charge >= 0.3 is 6.03 Å². The molecule has 16 heavy (non-hydrogen) atoms. The first-order valence-electron chi connectivity index (χ1n) is 6.49. The van der Waals surface area contributed by atoms with Crippen LogP contribution < -0.4 is 5.32 Å². The highest BCUT2D eigenvalue weighted by Crippen LogP contribution is 2.30. The molecule has 0 radical (unpaired) electrons. The second kappa shape index (κ2) is 5.37. The molecule has 3 heteroatoms. The van der Waals surface area contributed by atoms with Crippen LogP contribution in [-0.4, -0.2) is 24.0 Å². The highest BCUT2D eigenvalue weighted by molar-refractivity contribution is 5.75. The van der Waals surface area contributed by atoms with Gasteiger partial charge in [-0.2, -0.15) is 0 Å². The molecule has 2 fully saturated rings. The Balaban J connectivity index is 1.80. The summed E-state index contributed by atoms with van der Waals surface area (Å²) >= 11 is 0. The van der Waals surface area contributed by atoms with Gasteiger partial charge in [0.1, 0.15) is 0 Å². The Labute approximate surface area is 97.9 Å². The van der Waals surface area contributed by atoms with E-state index in [2.05, 4.69) is 12.2 Å². The van der Waals surface area contributed by atoms with Gasteiger partial charge < -0.3 is 10.2 Å². The normalized spacial score (nSPS) is 22.8. The third-order valence-corrected chi connectivity index (χ3v) is 3.82. The number of carbonyl (C=O) groups is 1. The molecular weight excluding hydrogens is 200 g/mol. The molecular formula is C13H22N2O. The average molecular weight is 222 g/mol. The quantitative estimate of drug-likeness (QED) is 0.765. The predicted octanol–water partition coefficient (Wildman–Crippen LogP) is 2.89. The zero-order valence-electron chi connectivity index (χ0n) is 10.2. The maximum Gasteiger partial charge on any atom is 0.321 e. The molecule has 0 atom stereocenters. The smallest absolute Gasteiger partial charge is 0.321 e. The van der Waals surface area contributed by atoms with Crippen LogP contribution in [0.25, 0.3) is 0 Å². The molecule has 0 aromatic heterocycles. The standard InChI is InChI=1S/C13H22N2O/c1-11(12-6-2-3-7-12)10-14-13(16)15-8-4-5-9-15/h10,12H,2-9H2,1H3,(H,14,16)/b11-10+. The van der Waals surface area contributed by atoms with Gasteiger partial charge in [0.2, 0.25) is 0 Å². The first kappa shape index (κ1) is 11.5. The Kier molecular flexibility index (Phi) is 3.86. The highest BCUT2D eigenvalue weighted by Gasteiger charge is 2.18. The number of amides is 2. The Morgan fingerprint density at radius 1 is 1.19 bits per heavy atom. The summed E-state index contributed by atoms with van der Waals surface area (Å²) in [6, 6.07) is 0.0786. The molecule has 1 aliphatic heterocycles.